The second-order valence-corrected chi connectivity index (χ2v) is 11.2. The molecule has 2 aliphatic heterocycles. The summed E-state index contributed by atoms with van der Waals surface area (Å²) in [5.74, 6) is 1.43. The molecule has 5 rings (SSSR count). The van der Waals surface area contributed by atoms with E-state index >= 15 is 0 Å². The number of anilines is 2. The number of piperidine rings is 1. The molecule has 1 aromatic carbocycles. The van der Waals surface area contributed by atoms with Gasteiger partial charge in [-0.2, -0.15) is 0 Å². The molecule has 3 fully saturated rings. The van der Waals surface area contributed by atoms with Gasteiger partial charge in [0.1, 0.15) is 5.75 Å². The Kier molecular flexibility index (Phi) is 8.84. The minimum absolute atomic E-state index is 0.182. The summed E-state index contributed by atoms with van der Waals surface area (Å²) in [6.07, 6.45) is 6.91. The van der Waals surface area contributed by atoms with Gasteiger partial charge in [-0.1, -0.05) is 0 Å². The standard InChI is InChI=1S/C30H40N6O4/c1-34-12-3-13-35(17-16-34)27(37)18-21-10-14-36(15-11-21)28-26(19-23(20-31-28)30(39)32-24-6-7-24)33-29(38)22-4-8-25(40-2)9-5-22/h4-5,8-9,19-21,24H,3,6-7,10-18H2,1-2H3,(H,32,39)(H,33,38). The van der Waals surface area contributed by atoms with Crippen LogP contribution in [0.25, 0.3) is 0 Å². The van der Waals surface area contributed by atoms with Crippen molar-refractivity contribution in [3.05, 3.63) is 47.7 Å². The monoisotopic (exact) mass is 548 g/mol. The maximum atomic E-state index is 13.1. The summed E-state index contributed by atoms with van der Waals surface area (Å²) < 4.78 is 5.20. The van der Waals surface area contributed by atoms with Crippen LogP contribution in [-0.4, -0.2) is 92.0 Å². The molecule has 1 aromatic heterocycles. The molecule has 0 atom stereocenters. The lowest BCUT2D eigenvalue weighted by atomic mass is 9.92. The Hall–Kier alpha value is -3.66. The van der Waals surface area contributed by atoms with Gasteiger partial charge >= 0.3 is 0 Å². The lowest BCUT2D eigenvalue weighted by Crippen LogP contribution is -2.39. The molecular weight excluding hydrogens is 508 g/mol. The fraction of sp³-hybridized carbons (Fsp3) is 0.533. The third kappa shape index (κ3) is 7.10. The largest absolute Gasteiger partial charge is 0.497 e. The Labute approximate surface area is 236 Å². The average Bonchev–Trinajstić information content (AvgIpc) is 3.81. The van der Waals surface area contributed by atoms with E-state index in [1.54, 1.807) is 43.6 Å². The fourth-order valence-electron chi connectivity index (χ4n) is 5.38. The van der Waals surface area contributed by atoms with Crippen LogP contribution in [0.1, 0.15) is 59.2 Å². The highest BCUT2D eigenvalue weighted by atomic mass is 16.5. The van der Waals surface area contributed by atoms with E-state index in [1.165, 1.54) is 0 Å². The highest BCUT2D eigenvalue weighted by Crippen LogP contribution is 2.31. The number of carbonyl (C=O) groups excluding carboxylic acids is 3. The first-order valence-electron chi connectivity index (χ1n) is 14.4. The van der Waals surface area contributed by atoms with Crippen LogP contribution in [-0.2, 0) is 4.79 Å². The van der Waals surface area contributed by atoms with E-state index in [9.17, 15) is 14.4 Å². The highest BCUT2D eigenvalue weighted by Gasteiger charge is 2.28. The average molecular weight is 549 g/mol. The number of amides is 3. The molecule has 0 bridgehead atoms. The molecule has 0 unspecified atom stereocenters. The van der Waals surface area contributed by atoms with Gasteiger partial charge in [-0.25, -0.2) is 4.98 Å². The number of hydrogen-bond donors (Lipinski definition) is 2. The molecule has 214 valence electrons. The van der Waals surface area contributed by atoms with Gasteiger partial charge in [0.15, 0.2) is 5.82 Å². The fourth-order valence-corrected chi connectivity index (χ4v) is 5.38. The Balaban J connectivity index is 1.26. The summed E-state index contributed by atoms with van der Waals surface area (Å²) in [5.41, 5.74) is 1.41. The number of methoxy groups -OCH3 is 1. The summed E-state index contributed by atoms with van der Waals surface area (Å²) in [5, 5.41) is 5.99. The molecule has 1 aliphatic carbocycles. The van der Waals surface area contributed by atoms with Crippen molar-refractivity contribution in [2.24, 2.45) is 5.92 Å². The summed E-state index contributed by atoms with van der Waals surface area (Å²) in [4.78, 5) is 50.0. The molecule has 1 saturated carbocycles. The zero-order valence-corrected chi connectivity index (χ0v) is 23.5. The summed E-state index contributed by atoms with van der Waals surface area (Å²) in [7, 11) is 3.69. The van der Waals surface area contributed by atoms with Crippen molar-refractivity contribution in [1.29, 1.82) is 0 Å². The summed E-state index contributed by atoms with van der Waals surface area (Å²) >= 11 is 0. The summed E-state index contributed by atoms with van der Waals surface area (Å²) in [6, 6.07) is 8.83. The molecule has 2 N–H and O–H groups in total. The number of nitrogens with one attached hydrogen (secondary N) is 2. The number of likely N-dealkylation sites (N-methyl/N-ethyl adjacent to an activating group) is 1. The number of aromatic nitrogens is 1. The third-order valence-corrected chi connectivity index (χ3v) is 8.09. The van der Waals surface area contributed by atoms with Crippen molar-refractivity contribution < 1.29 is 19.1 Å². The lowest BCUT2D eigenvalue weighted by Gasteiger charge is -2.34. The number of ether oxygens (including phenoxy) is 1. The van der Waals surface area contributed by atoms with Crippen LogP contribution in [0.5, 0.6) is 5.75 Å². The molecular formula is C30H40N6O4. The topological polar surface area (TPSA) is 107 Å². The molecule has 10 heteroatoms. The van der Waals surface area contributed by atoms with Crippen LogP contribution >= 0.6 is 0 Å². The third-order valence-electron chi connectivity index (χ3n) is 8.09. The SMILES string of the molecule is COc1ccc(C(=O)Nc2cc(C(=O)NC3CC3)cnc2N2CCC(CC(=O)N3CCCN(C)CC3)CC2)cc1. The van der Waals surface area contributed by atoms with E-state index in [1.807, 2.05) is 4.90 Å². The van der Waals surface area contributed by atoms with Gasteiger partial charge in [0.2, 0.25) is 5.91 Å². The maximum Gasteiger partial charge on any atom is 0.255 e. The van der Waals surface area contributed by atoms with E-state index in [0.717, 1.165) is 71.4 Å². The zero-order chi connectivity index (χ0) is 28.1. The van der Waals surface area contributed by atoms with Crippen LogP contribution in [0.4, 0.5) is 11.5 Å². The van der Waals surface area contributed by atoms with E-state index < -0.39 is 0 Å². The number of benzene rings is 1. The lowest BCUT2D eigenvalue weighted by molar-refractivity contribution is -0.132. The molecule has 2 saturated heterocycles. The van der Waals surface area contributed by atoms with E-state index in [4.69, 9.17) is 4.74 Å². The maximum absolute atomic E-state index is 13.1. The first kappa shape index (κ1) is 27.9. The quantitative estimate of drug-likeness (QED) is 0.522. The van der Waals surface area contributed by atoms with Crippen LogP contribution in [0.3, 0.4) is 0 Å². The normalized spacial score (nSPS) is 18.6. The van der Waals surface area contributed by atoms with Crippen LogP contribution in [0.2, 0.25) is 0 Å². The first-order chi connectivity index (χ1) is 19.4. The van der Waals surface area contributed by atoms with Gasteiger partial charge in [-0.05, 0) is 81.9 Å². The number of carbonyl (C=O) groups is 3. The Morgan fingerprint density at radius 2 is 1.68 bits per heavy atom. The van der Waals surface area contributed by atoms with Gasteiger partial charge in [0.05, 0.1) is 18.4 Å². The molecule has 3 amide bonds. The van der Waals surface area contributed by atoms with E-state index in [2.05, 4.69) is 32.5 Å². The van der Waals surface area contributed by atoms with Gasteiger partial charge in [-0.3, -0.25) is 14.4 Å². The van der Waals surface area contributed by atoms with Crippen LogP contribution in [0.15, 0.2) is 36.5 Å². The molecule has 3 heterocycles. The Bertz CT molecular complexity index is 1210. The van der Waals surface area contributed by atoms with E-state index in [-0.39, 0.29) is 23.8 Å². The second kappa shape index (κ2) is 12.7. The smallest absolute Gasteiger partial charge is 0.255 e. The summed E-state index contributed by atoms with van der Waals surface area (Å²) in [6.45, 7) is 5.06. The van der Waals surface area contributed by atoms with Crippen molar-refractivity contribution in [1.82, 2.24) is 20.1 Å². The van der Waals surface area contributed by atoms with E-state index in [0.29, 0.717) is 40.7 Å². The van der Waals surface area contributed by atoms with Gasteiger partial charge in [0, 0.05) is 56.9 Å². The number of rotatable bonds is 8. The molecule has 2 aromatic rings. The van der Waals surface area contributed by atoms with Gasteiger partial charge < -0.3 is 30.1 Å². The number of pyridine rings is 1. The van der Waals surface area contributed by atoms with Gasteiger partial charge in [0.25, 0.3) is 11.8 Å². The molecule has 0 spiro atoms. The Morgan fingerprint density at radius 3 is 2.38 bits per heavy atom. The van der Waals surface area contributed by atoms with Crippen molar-refractivity contribution in [2.45, 2.75) is 44.6 Å². The van der Waals surface area contributed by atoms with Gasteiger partial charge in [-0.15, -0.1) is 0 Å². The minimum atomic E-state index is -0.283. The van der Waals surface area contributed by atoms with Crippen molar-refractivity contribution in [3.8, 4) is 5.75 Å². The Morgan fingerprint density at radius 1 is 0.925 bits per heavy atom. The number of nitrogens with zero attached hydrogens (tertiary/aromatic N) is 4. The molecule has 40 heavy (non-hydrogen) atoms. The van der Waals surface area contributed by atoms with Crippen molar-refractivity contribution >= 4 is 29.2 Å². The second-order valence-electron chi connectivity index (χ2n) is 11.2. The zero-order valence-electron chi connectivity index (χ0n) is 23.5. The highest BCUT2D eigenvalue weighted by molar-refractivity contribution is 6.06. The predicted molar refractivity (Wildman–Crippen MR) is 154 cm³/mol. The first-order valence-corrected chi connectivity index (χ1v) is 14.4. The van der Waals surface area contributed by atoms with Crippen LogP contribution < -0.4 is 20.3 Å². The van der Waals surface area contributed by atoms with Crippen molar-refractivity contribution in [2.75, 3.05) is 63.6 Å². The van der Waals surface area contributed by atoms with Crippen molar-refractivity contribution in [3.63, 3.8) is 0 Å². The molecule has 10 nitrogen and oxygen atoms in total. The minimum Gasteiger partial charge on any atom is -0.497 e. The molecule has 3 aliphatic rings. The predicted octanol–water partition coefficient (Wildman–Crippen LogP) is 3.01. The molecule has 0 radical (unpaired) electrons. The number of hydrogen-bond acceptors (Lipinski definition) is 7. The van der Waals surface area contributed by atoms with Crippen LogP contribution in [0, 0.1) is 5.92 Å².